The van der Waals surface area contributed by atoms with E-state index in [0.717, 1.165) is 42.9 Å². The van der Waals surface area contributed by atoms with Crippen molar-refractivity contribution in [3.63, 3.8) is 0 Å². The van der Waals surface area contributed by atoms with Gasteiger partial charge in [0.05, 0.1) is 24.4 Å². The lowest BCUT2D eigenvalue weighted by molar-refractivity contribution is 0.0323. The quantitative estimate of drug-likeness (QED) is 0.297. The number of morpholine rings is 1. The Bertz CT molecular complexity index is 1460. The molecule has 1 fully saturated rings. The van der Waals surface area contributed by atoms with Crippen LogP contribution in [0.3, 0.4) is 0 Å². The minimum Gasteiger partial charge on any atom is -0.490 e. The summed E-state index contributed by atoms with van der Waals surface area (Å²) in [5, 5.41) is 2.69. The van der Waals surface area contributed by atoms with Crippen molar-refractivity contribution in [3.05, 3.63) is 64.1 Å². The topological polar surface area (TPSA) is 140 Å². The number of imidazole rings is 2. The molecule has 0 aliphatic carbocycles. The Labute approximate surface area is 221 Å². The van der Waals surface area contributed by atoms with Crippen LogP contribution in [0.4, 0.5) is 5.95 Å². The van der Waals surface area contributed by atoms with Gasteiger partial charge in [-0.15, -0.1) is 0 Å². The molecule has 0 spiro atoms. The number of primary amides is 1. The molecule has 2 aromatic carbocycles. The predicted octanol–water partition coefficient (Wildman–Crippen LogP) is 2.88. The van der Waals surface area contributed by atoms with Gasteiger partial charge >= 0.3 is 0 Å². The first kappa shape index (κ1) is 24.9. The van der Waals surface area contributed by atoms with Gasteiger partial charge in [0.1, 0.15) is 29.9 Å². The monoisotopic (exact) mass is 567 g/mol. The fraction of sp³-hybridized carbons (Fsp3) is 0.280. The zero-order valence-electron chi connectivity index (χ0n) is 20.2. The minimum atomic E-state index is -0.775. The maximum absolute atomic E-state index is 13.1. The first-order chi connectivity index (χ1) is 17.9. The lowest BCUT2D eigenvalue weighted by Gasteiger charge is -2.26. The Hall–Kier alpha value is -3.74. The number of nitrogens with one attached hydrogen (secondary N) is 2. The van der Waals surface area contributed by atoms with Crippen LogP contribution in [0.1, 0.15) is 26.5 Å². The molecule has 0 radical (unpaired) electrons. The number of aryl methyl sites for hydroxylation is 1. The number of nitrogens with two attached hydrogens (primary N) is 1. The molecule has 2 amide bonds. The zero-order valence-corrected chi connectivity index (χ0v) is 21.7. The number of ether oxygens (including phenoxy) is 2. The highest BCUT2D eigenvalue weighted by Gasteiger charge is 2.25. The summed E-state index contributed by atoms with van der Waals surface area (Å²) in [6, 6.07) is 11.1. The van der Waals surface area contributed by atoms with Gasteiger partial charge in [0.15, 0.2) is 5.69 Å². The van der Waals surface area contributed by atoms with E-state index >= 15 is 0 Å². The van der Waals surface area contributed by atoms with Gasteiger partial charge in [0, 0.05) is 24.1 Å². The Balaban J connectivity index is 1.35. The van der Waals surface area contributed by atoms with Crippen molar-refractivity contribution in [2.75, 3.05) is 44.8 Å². The molecule has 1 saturated heterocycles. The molecule has 5 rings (SSSR count). The Morgan fingerprint density at radius 1 is 1.24 bits per heavy atom. The first-order valence-corrected chi connectivity index (χ1v) is 12.6. The second kappa shape index (κ2) is 10.7. The fourth-order valence-electron chi connectivity index (χ4n) is 4.24. The molecule has 0 atom stereocenters. The van der Waals surface area contributed by atoms with Crippen molar-refractivity contribution in [1.29, 1.82) is 0 Å². The van der Waals surface area contributed by atoms with Gasteiger partial charge in [0.2, 0.25) is 5.95 Å². The molecule has 0 saturated carbocycles. The molecule has 0 unspecified atom stereocenters. The van der Waals surface area contributed by atoms with E-state index in [1.165, 1.54) is 10.9 Å². The van der Waals surface area contributed by atoms with Crippen LogP contribution in [-0.4, -0.2) is 75.7 Å². The van der Waals surface area contributed by atoms with Crippen LogP contribution >= 0.6 is 15.9 Å². The third-order valence-electron chi connectivity index (χ3n) is 6.13. The number of hydrogen-bond donors (Lipinski definition) is 3. The minimum absolute atomic E-state index is 0.0260. The summed E-state index contributed by atoms with van der Waals surface area (Å²) in [6.07, 6.45) is 1.41. The Morgan fingerprint density at radius 2 is 2.05 bits per heavy atom. The van der Waals surface area contributed by atoms with Gasteiger partial charge in [-0.25, -0.2) is 9.97 Å². The summed E-state index contributed by atoms with van der Waals surface area (Å²) in [7, 11) is 0. The molecular formula is C25H26BrN7O4. The van der Waals surface area contributed by atoms with E-state index in [9.17, 15) is 9.59 Å². The van der Waals surface area contributed by atoms with E-state index in [1.54, 1.807) is 0 Å². The highest BCUT2D eigenvalue weighted by atomic mass is 79.9. The van der Waals surface area contributed by atoms with Crippen LogP contribution in [0.25, 0.3) is 16.7 Å². The number of aromatic nitrogens is 4. The number of carbonyl (C=O) groups excluding carboxylic acids is 2. The number of para-hydroxylation sites is 1. The fourth-order valence-corrected chi connectivity index (χ4v) is 4.58. The average molecular weight is 568 g/mol. The van der Waals surface area contributed by atoms with Crippen molar-refractivity contribution in [2.45, 2.75) is 6.92 Å². The maximum Gasteiger partial charge on any atom is 0.279 e. The number of halogens is 1. The Kier molecular flexibility index (Phi) is 7.22. The molecule has 37 heavy (non-hydrogen) atoms. The van der Waals surface area contributed by atoms with Crippen molar-refractivity contribution in [2.24, 2.45) is 5.73 Å². The highest BCUT2D eigenvalue weighted by molar-refractivity contribution is 9.10. The van der Waals surface area contributed by atoms with E-state index in [-0.39, 0.29) is 17.3 Å². The number of benzene rings is 2. The number of amides is 2. The maximum atomic E-state index is 13.1. The van der Waals surface area contributed by atoms with E-state index in [2.05, 4.69) is 41.1 Å². The zero-order chi connectivity index (χ0) is 25.9. The largest absolute Gasteiger partial charge is 0.490 e. The van der Waals surface area contributed by atoms with Gasteiger partial charge in [-0.05, 0) is 36.8 Å². The average Bonchev–Trinajstić information content (AvgIpc) is 3.51. The lowest BCUT2D eigenvalue weighted by atomic mass is 10.2. The molecule has 11 nitrogen and oxygen atoms in total. The number of rotatable bonds is 8. The normalized spacial score (nSPS) is 14.1. The molecule has 1 aliphatic heterocycles. The number of nitrogens with zero attached hydrogens (tertiary/aromatic N) is 4. The van der Waals surface area contributed by atoms with Crippen LogP contribution in [0.5, 0.6) is 5.75 Å². The third kappa shape index (κ3) is 5.36. The first-order valence-electron chi connectivity index (χ1n) is 11.8. The van der Waals surface area contributed by atoms with E-state index < -0.39 is 11.8 Å². The number of aromatic amines is 1. The van der Waals surface area contributed by atoms with Crippen LogP contribution in [0.15, 0.2) is 47.2 Å². The standard InChI is InChI=1S/C25H26BrN7O4/c1-15-5-6-16(26)13-18(15)33-14-28-21(22(33)23(27)34)24(35)31-25-29-17-3-2-4-19(20(17)30-25)37-12-9-32-7-10-36-11-8-32/h2-6,13-14H,7-12H2,1H3,(H2,27,34)(H2,29,30,31,35). The van der Waals surface area contributed by atoms with Crippen LogP contribution in [0, 0.1) is 6.92 Å². The summed E-state index contributed by atoms with van der Waals surface area (Å²) in [5.41, 5.74) is 8.38. The molecule has 0 bridgehead atoms. The van der Waals surface area contributed by atoms with E-state index in [4.69, 9.17) is 15.2 Å². The van der Waals surface area contributed by atoms with Crippen LogP contribution in [-0.2, 0) is 4.74 Å². The number of fused-ring (bicyclic) bond motifs is 1. The van der Waals surface area contributed by atoms with Crippen LogP contribution in [0.2, 0.25) is 0 Å². The van der Waals surface area contributed by atoms with Crippen LogP contribution < -0.4 is 15.8 Å². The molecular weight excluding hydrogens is 542 g/mol. The van der Waals surface area contributed by atoms with E-state index in [1.807, 2.05) is 43.3 Å². The van der Waals surface area contributed by atoms with Gasteiger partial charge < -0.3 is 20.2 Å². The van der Waals surface area contributed by atoms with Crippen molar-refractivity contribution in [1.82, 2.24) is 24.4 Å². The van der Waals surface area contributed by atoms with Crippen molar-refractivity contribution < 1.29 is 19.1 Å². The molecule has 4 N–H and O–H groups in total. The highest BCUT2D eigenvalue weighted by Crippen LogP contribution is 2.26. The summed E-state index contributed by atoms with van der Waals surface area (Å²) >= 11 is 3.43. The lowest BCUT2D eigenvalue weighted by Crippen LogP contribution is -2.38. The predicted molar refractivity (Wildman–Crippen MR) is 141 cm³/mol. The van der Waals surface area contributed by atoms with Crippen molar-refractivity contribution in [3.8, 4) is 11.4 Å². The molecule has 2 aromatic heterocycles. The summed E-state index contributed by atoms with van der Waals surface area (Å²) in [6.45, 7) is 6.42. The smallest absolute Gasteiger partial charge is 0.279 e. The Morgan fingerprint density at radius 3 is 2.84 bits per heavy atom. The number of anilines is 1. The third-order valence-corrected chi connectivity index (χ3v) is 6.62. The van der Waals surface area contributed by atoms with Gasteiger partial charge in [-0.3, -0.25) is 24.4 Å². The van der Waals surface area contributed by atoms with Gasteiger partial charge in [-0.2, -0.15) is 0 Å². The molecule has 3 heterocycles. The SMILES string of the molecule is Cc1ccc(Br)cc1-n1cnc(C(=O)Nc2nc3cccc(OCCN4CCOCC4)c3[nH]2)c1C(N)=O. The summed E-state index contributed by atoms with van der Waals surface area (Å²) in [4.78, 5) is 39.5. The second-order valence-corrected chi connectivity index (χ2v) is 9.51. The number of carbonyl (C=O) groups is 2. The second-order valence-electron chi connectivity index (χ2n) is 8.60. The number of hydrogen-bond acceptors (Lipinski definition) is 7. The molecule has 192 valence electrons. The summed E-state index contributed by atoms with van der Waals surface area (Å²) < 4.78 is 13.7. The molecule has 1 aliphatic rings. The van der Waals surface area contributed by atoms with Gasteiger partial charge in [-0.1, -0.05) is 28.1 Å². The van der Waals surface area contributed by atoms with E-state index in [0.29, 0.717) is 29.1 Å². The molecule has 4 aromatic rings. The summed E-state index contributed by atoms with van der Waals surface area (Å²) in [5.74, 6) is -0.560. The van der Waals surface area contributed by atoms with Crippen molar-refractivity contribution >= 4 is 44.7 Å². The number of H-pyrrole nitrogens is 1. The molecule has 12 heteroatoms. The van der Waals surface area contributed by atoms with Gasteiger partial charge in [0.25, 0.3) is 11.8 Å².